The van der Waals surface area contributed by atoms with Crippen LogP contribution in [0.1, 0.15) is 42.9 Å². The molecule has 0 bridgehead atoms. The summed E-state index contributed by atoms with van der Waals surface area (Å²) in [6.07, 6.45) is 3.93. The van der Waals surface area contributed by atoms with Crippen molar-refractivity contribution in [1.82, 2.24) is 9.88 Å². The third kappa shape index (κ3) is 6.73. The molecule has 43 heavy (non-hydrogen) atoms. The topological polar surface area (TPSA) is 44.7 Å². The van der Waals surface area contributed by atoms with Crippen LogP contribution >= 0.6 is 0 Å². The molecule has 5 nitrogen and oxygen atoms in total. The summed E-state index contributed by atoms with van der Waals surface area (Å²) in [6, 6.07) is 33.7. The summed E-state index contributed by atoms with van der Waals surface area (Å²) in [5, 5.41) is 4.75. The van der Waals surface area contributed by atoms with Crippen molar-refractivity contribution in [2.45, 2.75) is 52.4 Å². The summed E-state index contributed by atoms with van der Waals surface area (Å²) in [5.74, 6) is 3.19. The lowest BCUT2D eigenvalue weighted by Gasteiger charge is -2.24. The number of nitrogens with zero attached hydrogens (tertiary/aromatic N) is 1. The zero-order valence-electron chi connectivity index (χ0n) is 25.5. The number of methoxy groups -OCH3 is 1. The van der Waals surface area contributed by atoms with Gasteiger partial charge in [-0.1, -0.05) is 61.0 Å². The Kier molecular flexibility index (Phi) is 8.99. The monoisotopic (exact) mass is 574 g/mol. The summed E-state index contributed by atoms with van der Waals surface area (Å²) < 4.78 is 20.6. The highest BCUT2D eigenvalue weighted by Crippen LogP contribution is 2.37. The van der Waals surface area contributed by atoms with Gasteiger partial charge in [-0.05, 0) is 92.4 Å². The minimum atomic E-state index is 0.186. The van der Waals surface area contributed by atoms with Gasteiger partial charge in [0.2, 0.25) is 0 Å². The van der Waals surface area contributed by atoms with Crippen LogP contribution in [-0.4, -0.2) is 30.9 Å². The number of aromatic nitrogens is 1. The van der Waals surface area contributed by atoms with Gasteiger partial charge >= 0.3 is 0 Å². The van der Waals surface area contributed by atoms with Gasteiger partial charge in [-0.25, -0.2) is 0 Å². The summed E-state index contributed by atoms with van der Waals surface area (Å²) in [5.41, 5.74) is 7.09. The summed E-state index contributed by atoms with van der Waals surface area (Å²) in [6.45, 7) is 7.84. The Balaban J connectivity index is 1.29. The summed E-state index contributed by atoms with van der Waals surface area (Å²) in [7, 11) is 1.72. The summed E-state index contributed by atoms with van der Waals surface area (Å²) >= 11 is 0. The Morgan fingerprint density at radius 2 is 1.65 bits per heavy atom. The van der Waals surface area contributed by atoms with Gasteiger partial charge < -0.3 is 24.1 Å². The number of aryl methyl sites for hydroxylation is 1. The van der Waals surface area contributed by atoms with E-state index in [9.17, 15) is 0 Å². The predicted molar refractivity (Wildman–Crippen MR) is 175 cm³/mol. The second-order valence-electron chi connectivity index (χ2n) is 11.7. The third-order valence-corrected chi connectivity index (χ3v) is 8.71. The van der Waals surface area contributed by atoms with Crippen molar-refractivity contribution < 1.29 is 14.2 Å². The van der Waals surface area contributed by atoms with Crippen molar-refractivity contribution in [2.24, 2.45) is 5.92 Å². The number of hydrogen-bond acceptors (Lipinski definition) is 4. The largest absolute Gasteiger partial charge is 0.497 e. The molecule has 2 atom stereocenters. The van der Waals surface area contributed by atoms with Crippen LogP contribution in [0, 0.1) is 12.8 Å². The predicted octanol–water partition coefficient (Wildman–Crippen LogP) is 8.41. The van der Waals surface area contributed by atoms with Crippen molar-refractivity contribution in [1.29, 1.82) is 0 Å². The Morgan fingerprint density at radius 1 is 0.837 bits per heavy atom. The molecule has 0 radical (unpaired) electrons. The van der Waals surface area contributed by atoms with E-state index in [-0.39, 0.29) is 6.10 Å². The standard InChI is InChI=1S/C38H42N2O3/c1-27-36-23-35(42-26-30-10-5-4-6-11-30)19-20-37(36)40(38(27)31-13-9-14-34(22-31)41-3)25-29-15-17-33(18-16-29)43-28(2)32-12-7-8-21-39-24-32/h4-6,9-11,13-20,22-23,28,32,39H,7-8,12,21,24-26H2,1-3H3. The summed E-state index contributed by atoms with van der Waals surface area (Å²) in [4.78, 5) is 0. The number of rotatable bonds is 10. The van der Waals surface area contributed by atoms with E-state index >= 15 is 0 Å². The molecule has 0 aliphatic carbocycles. The van der Waals surface area contributed by atoms with Crippen molar-refractivity contribution in [3.63, 3.8) is 0 Å². The average Bonchev–Trinajstić information content (AvgIpc) is 3.19. The minimum absolute atomic E-state index is 0.186. The average molecular weight is 575 g/mol. The molecule has 1 fully saturated rings. The lowest BCUT2D eigenvalue weighted by molar-refractivity contribution is 0.146. The minimum Gasteiger partial charge on any atom is -0.497 e. The zero-order valence-corrected chi connectivity index (χ0v) is 25.5. The Hall–Kier alpha value is -4.22. The second kappa shape index (κ2) is 13.4. The molecule has 1 N–H and O–H groups in total. The zero-order chi connectivity index (χ0) is 29.6. The molecule has 1 saturated heterocycles. The molecular weight excluding hydrogens is 532 g/mol. The Bertz CT molecular complexity index is 1630. The number of ether oxygens (including phenoxy) is 3. The fourth-order valence-corrected chi connectivity index (χ4v) is 6.25. The first-order valence-electron chi connectivity index (χ1n) is 15.5. The maximum atomic E-state index is 6.40. The molecule has 1 aliphatic heterocycles. The van der Waals surface area contributed by atoms with Crippen molar-refractivity contribution in [3.8, 4) is 28.5 Å². The van der Waals surface area contributed by atoms with E-state index in [2.05, 4.69) is 96.5 Å². The van der Waals surface area contributed by atoms with Crippen LogP contribution in [0.3, 0.4) is 0 Å². The van der Waals surface area contributed by atoms with Gasteiger partial charge in [0, 0.05) is 35.5 Å². The van der Waals surface area contributed by atoms with E-state index in [1.807, 2.05) is 24.3 Å². The van der Waals surface area contributed by atoms with Gasteiger partial charge in [-0.15, -0.1) is 0 Å². The first-order chi connectivity index (χ1) is 21.1. The molecule has 0 saturated carbocycles. The second-order valence-corrected chi connectivity index (χ2v) is 11.7. The number of benzene rings is 4. The molecule has 2 heterocycles. The SMILES string of the molecule is COc1cccc(-c2c(C)c3cc(OCc4ccccc4)ccc3n2Cc2ccc(OC(C)C3CCCCNC3)cc2)c1. The molecule has 6 rings (SSSR count). The third-order valence-electron chi connectivity index (χ3n) is 8.71. The van der Waals surface area contributed by atoms with E-state index < -0.39 is 0 Å². The molecule has 2 unspecified atom stereocenters. The quantitative estimate of drug-likeness (QED) is 0.182. The van der Waals surface area contributed by atoms with Crippen LogP contribution in [0.5, 0.6) is 17.2 Å². The van der Waals surface area contributed by atoms with Gasteiger partial charge in [-0.3, -0.25) is 0 Å². The van der Waals surface area contributed by atoms with Crippen molar-refractivity contribution >= 4 is 10.9 Å². The molecular formula is C38H42N2O3. The van der Waals surface area contributed by atoms with Crippen LogP contribution in [0.2, 0.25) is 0 Å². The van der Waals surface area contributed by atoms with E-state index in [4.69, 9.17) is 14.2 Å². The highest BCUT2D eigenvalue weighted by atomic mass is 16.5. The highest BCUT2D eigenvalue weighted by Gasteiger charge is 2.21. The molecule has 4 aromatic carbocycles. The normalized spacial score (nSPS) is 16.0. The van der Waals surface area contributed by atoms with Gasteiger partial charge in [0.1, 0.15) is 23.9 Å². The molecule has 0 amide bonds. The number of fused-ring (bicyclic) bond motifs is 1. The molecule has 0 spiro atoms. The van der Waals surface area contributed by atoms with Crippen molar-refractivity contribution in [3.05, 3.63) is 114 Å². The van der Waals surface area contributed by atoms with Gasteiger partial charge in [0.25, 0.3) is 0 Å². The van der Waals surface area contributed by atoms with Gasteiger partial charge in [-0.2, -0.15) is 0 Å². The van der Waals surface area contributed by atoms with Crippen LogP contribution in [-0.2, 0) is 13.2 Å². The van der Waals surface area contributed by atoms with E-state index in [1.54, 1.807) is 7.11 Å². The Labute approximate surface area is 255 Å². The van der Waals surface area contributed by atoms with Crippen LogP contribution in [0.25, 0.3) is 22.2 Å². The lowest BCUT2D eigenvalue weighted by atomic mass is 9.98. The highest BCUT2D eigenvalue weighted by molar-refractivity contribution is 5.92. The van der Waals surface area contributed by atoms with Crippen LogP contribution in [0.15, 0.2) is 97.1 Å². The molecule has 1 aliphatic rings. The first-order valence-corrected chi connectivity index (χ1v) is 15.5. The molecule has 1 aromatic heterocycles. The molecule has 222 valence electrons. The first kappa shape index (κ1) is 28.9. The fraction of sp³-hybridized carbons (Fsp3) is 0.316. The van der Waals surface area contributed by atoms with Crippen LogP contribution in [0.4, 0.5) is 0 Å². The maximum absolute atomic E-state index is 6.40. The molecule has 5 aromatic rings. The van der Waals surface area contributed by atoms with Gasteiger partial charge in [0.15, 0.2) is 0 Å². The van der Waals surface area contributed by atoms with Crippen molar-refractivity contribution in [2.75, 3.05) is 20.2 Å². The maximum Gasteiger partial charge on any atom is 0.120 e. The lowest BCUT2D eigenvalue weighted by Crippen LogP contribution is -2.31. The molecule has 5 heteroatoms. The van der Waals surface area contributed by atoms with Gasteiger partial charge in [0.05, 0.1) is 18.9 Å². The van der Waals surface area contributed by atoms with Crippen LogP contribution < -0.4 is 19.5 Å². The number of hydrogen-bond donors (Lipinski definition) is 1. The smallest absolute Gasteiger partial charge is 0.120 e. The van der Waals surface area contributed by atoms with E-state index in [0.717, 1.165) is 48.0 Å². The number of nitrogens with one attached hydrogen (secondary N) is 1. The van der Waals surface area contributed by atoms with E-state index in [1.165, 1.54) is 47.0 Å². The van der Waals surface area contributed by atoms with E-state index in [0.29, 0.717) is 12.5 Å². The fourth-order valence-electron chi connectivity index (χ4n) is 6.25. The Morgan fingerprint density at radius 3 is 2.47 bits per heavy atom.